The normalized spacial score (nSPS) is 25.4. The molecule has 1 aromatic rings. The molecule has 2 aliphatic heterocycles. The number of hydrogen-bond donors (Lipinski definition) is 1. The molecule has 2 atom stereocenters. The van der Waals surface area contributed by atoms with E-state index in [9.17, 15) is 9.59 Å². The molecule has 2 heterocycles. The number of nitrogens with one attached hydrogen (secondary N) is 1. The van der Waals surface area contributed by atoms with Gasteiger partial charge in [-0.15, -0.1) is 0 Å². The highest BCUT2D eigenvalue weighted by Crippen LogP contribution is 2.21. The fraction of sp³-hybridized carbons (Fsp3) is 0.529. The summed E-state index contributed by atoms with van der Waals surface area (Å²) < 4.78 is 0. The van der Waals surface area contributed by atoms with Gasteiger partial charge >= 0.3 is 6.03 Å². The van der Waals surface area contributed by atoms with Crippen LogP contribution in [0.2, 0.25) is 0 Å². The molecule has 0 aliphatic carbocycles. The van der Waals surface area contributed by atoms with Gasteiger partial charge in [-0.25, -0.2) is 4.79 Å². The maximum absolute atomic E-state index is 12.3. The molecule has 0 saturated carbocycles. The van der Waals surface area contributed by atoms with Crippen LogP contribution in [-0.2, 0) is 4.79 Å². The number of urea groups is 1. The Hall–Kier alpha value is -2.04. The minimum absolute atomic E-state index is 0.0285. The summed E-state index contributed by atoms with van der Waals surface area (Å²) in [6, 6.07) is 9.49. The quantitative estimate of drug-likeness (QED) is 0.911. The minimum Gasteiger partial charge on any atom is -0.333 e. The average molecular weight is 301 g/mol. The standard InChI is InChI=1S/C17H23N3O2/c1-13-6-5-9-19(11-13)17(22)18-14-10-16(21)20(12-14)15-7-3-2-4-8-15/h2-4,7-8,13-14H,5-6,9-12H2,1H3,(H,18,22)/t13-,14-/m1/s1. The number of benzene rings is 1. The predicted octanol–water partition coefficient (Wildman–Crippen LogP) is 2.23. The van der Waals surface area contributed by atoms with E-state index >= 15 is 0 Å². The van der Waals surface area contributed by atoms with Crippen molar-refractivity contribution in [1.82, 2.24) is 10.2 Å². The van der Waals surface area contributed by atoms with Gasteiger partial charge in [-0.1, -0.05) is 25.1 Å². The van der Waals surface area contributed by atoms with E-state index < -0.39 is 0 Å². The molecule has 5 heteroatoms. The third kappa shape index (κ3) is 3.24. The molecule has 0 bridgehead atoms. The van der Waals surface area contributed by atoms with Crippen molar-refractivity contribution in [3.8, 4) is 0 Å². The topological polar surface area (TPSA) is 52.7 Å². The second kappa shape index (κ2) is 6.38. The summed E-state index contributed by atoms with van der Waals surface area (Å²) in [4.78, 5) is 28.1. The third-order valence-electron chi connectivity index (χ3n) is 4.46. The Morgan fingerprint density at radius 2 is 2.00 bits per heavy atom. The van der Waals surface area contributed by atoms with Gasteiger partial charge in [0, 0.05) is 31.7 Å². The molecule has 0 aromatic heterocycles. The fourth-order valence-electron chi connectivity index (χ4n) is 3.30. The van der Waals surface area contributed by atoms with Crippen LogP contribution in [0.15, 0.2) is 30.3 Å². The minimum atomic E-state index is -0.0996. The summed E-state index contributed by atoms with van der Waals surface area (Å²) in [7, 11) is 0. The zero-order valence-electron chi connectivity index (χ0n) is 13.0. The second-order valence-electron chi connectivity index (χ2n) is 6.38. The Labute approximate surface area is 131 Å². The van der Waals surface area contributed by atoms with E-state index in [-0.39, 0.29) is 18.0 Å². The first-order valence-electron chi connectivity index (χ1n) is 8.04. The molecule has 1 aromatic carbocycles. The number of carbonyl (C=O) groups is 2. The predicted molar refractivity (Wildman–Crippen MR) is 85.7 cm³/mol. The number of amides is 3. The van der Waals surface area contributed by atoms with Gasteiger partial charge in [0.25, 0.3) is 0 Å². The van der Waals surface area contributed by atoms with Gasteiger partial charge in [-0.2, -0.15) is 0 Å². The fourth-order valence-corrected chi connectivity index (χ4v) is 3.30. The average Bonchev–Trinajstić information content (AvgIpc) is 2.88. The summed E-state index contributed by atoms with van der Waals surface area (Å²) in [6.07, 6.45) is 2.63. The maximum atomic E-state index is 12.3. The molecule has 3 rings (SSSR count). The Balaban J connectivity index is 1.58. The monoisotopic (exact) mass is 301 g/mol. The molecular weight excluding hydrogens is 278 g/mol. The molecular formula is C17H23N3O2. The second-order valence-corrected chi connectivity index (χ2v) is 6.38. The number of rotatable bonds is 2. The van der Waals surface area contributed by atoms with Crippen LogP contribution in [0.5, 0.6) is 0 Å². The van der Waals surface area contributed by atoms with Crippen LogP contribution in [0.25, 0.3) is 0 Å². The van der Waals surface area contributed by atoms with Crippen LogP contribution < -0.4 is 10.2 Å². The highest BCUT2D eigenvalue weighted by atomic mass is 16.2. The summed E-state index contributed by atoms with van der Waals surface area (Å²) in [5, 5.41) is 3.02. The van der Waals surface area contributed by atoms with Crippen LogP contribution in [-0.4, -0.2) is 42.5 Å². The molecule has 5 nitrogen and oxygen atoms in total. The number of carbonyl (C=O) groups excluding carboxylic acids is 2. The van der Waals surface area contributed by atoms with Gasteiger partial charge < -0.3 is 15.1 Å². The van der Waals surface area contributed by atoms with Crippen molar-refractivity contribution < 1.29 is 9.59 Å². The largest absolute Gasteiger partial charge is 0.333 e. The van der Waals surface area contributed by atoms with Crippen molar-refractivity contribution in [3.63, 3.8) is 0 Å². The van der Waals surface area contributed by atoms with E-state index in [1.54, 1.807) is 4.90 Å². The summed E-state index contributed by atoms with van der Waals surface area (Å²) >= 11 is 0. The Bertz CT molecular complexity index is 546. The molecule has 2 fully saturated rings. The van der Waals surface area contributed by atoms with Crippen molar-refractivity contribution >= 4 is 17.6 Å². The van der Waals surface area contributed by atoms with Crippen LogP contribution in [0.3, 0.4) is 0 Å². The lowest BCUT2D eigenvalue weighted by molar-refractivity contribution is -0.117. The van der Waals surface area contributed by atoms with Crippen LogP contribution in [0.1, 0.15) is 26.2 Å². The molecule has 1 N–H and O–H groups in total. The lowest BCUT2D eigenvalue weighted by Crippen LogP contribution is -2.49. The first-order valence-corrected chi connectivity index (χ1v) is 8.04. The maximum Gasteiger partial charge on any atom is 0.317 e. The van der Waals surface area contributed by atoms with Crippen molar-refractivity contribution in [2.75, 3.05) is 24.5 Å². The van der Waals surface area contributed by atoms with Crippen molar-refractivity contribution in [2.45, 2.75) is 32.2 Å². The lowest BCUT2D eigenvalue weighted by atomic mass is 10.0. The summed E-state index contributed by atoms with van der Waals surface area (Å²) in [6.45, 7) is 4.36. The smallest absolute Gasteiger partial charge is 0.317 e. The first-order chi connectivity index (χ1) is 10.6. The van der Waals surface area contributed by atoms with Gasteiger partial charge in [-0.05, 0) is 30.9 Å². The number of para-hydroxylation sites is 1. The molecule has 2 aliphatic rings. The summed E-state index contributed by atoms with van der Waals surface area (Å²) in [5.41, 5.74) is 0.899. The zero-order valence-corrected chi connectivity index (χ0v) is 13.0. The Kier molecular flexibility index (Phi) is 4.32. The number of likely N-dealkylation sites (tertiary alicyclic amines) is 1. The molecule has 0 unspecified atom stereocenters. The lowest BCUT2D eigenvalue weighted by Gasteiger charge is -2.31. The summed E-state index contributed by atoms with van der Waals surface area (Å²) in [5.74, 6) is 0.633. The van der Waals surface area contributed by atoms with Crippen molar-refractivity contribution in [3.05, 3.63) is 30.3 Å². The Morgan fingerprint density at radius 1 is 1.23 bits per heavy atom. The van der Waals surface area contributed by atoms with Gasteiger partial charge in [-0.3, -0.25) is 4.79 Å². The van der Waals surface area contributed by atoms with E-state index in [1.165, 1.54) is 6.42 Å². The van der Waals surface area contributed by atoms with E-state index in [0.29, 0.717) is 18.9 Å². The molecule has 22 heavy (non-hydrogen) atoms. The van der Waals surface area contributed by atoms with Gasteiger partial charge in [0.05, 0.1) is 6.04 Å². The molecule has 0 spiro atoms. The van der Waals surface area contributed by atoms with Gasteiger partial charge in [0.2, 0.25) is 5.91 Å². The number of anilines is 1. The Morgan fingerprint density at radius 3 is 2.73 bits per heavy atom. The number of piperidine rings is 1. The number of nitrogens with zero attached hydrogens (tertiary/aromatic N) is 2. The molecule has 118 valence electrons. The SMILES string of the molecule is C[C@@H]1CCCN(C(=O)N[C@@H]2CC(=O)N(c3ccccc3)C2)C1. The molecule has 3 amide bonds. The highest BCUT2D eigenvalue weighted by molar-refractivity contribution is 5.96. The van der Waals surface area contributed by atoms with Crippen LogP contribution >= 0.6 is 0 Å². The first kappa shape index (κ1) is 14.9. The van der Waals surface area contributed by atoms with E-state index in [4.69, 9.17) is 0 Å². The van der Waals surface area contributed by atoms with Gasteiger partial charge in [0.15, 0.2) is 0 Å². The van der Waals surface area contributed by atoms with Crippen molar-refractivity contribution in [2.24, 2.45) is 5.92 Å². The third-order valence-corrected chi connectivity index (χ3v) is 4.46. The number of hydrogen-bond acceptors (Lipinski definition) is 2. The van der Waals surface area contributed by atoms with Gasteiger partial charge in [0.1, 0.15) is 0 Å². The zero-order chi connectivity index (χ0) is 15.5. The molecule has 2 saturated heterocycles. The highest BCUT2D eigenvalue weighted by Gasteiger charge is 2.32. The van der Waals surface area contributed by atoms with Crippen LogP contribution in [0.4, 0.5) is 10.5 Å². The molecule has 0 radical (unpaired) electrons. The van der Waals surface area contributed by atoms with E-state index in [2.05, 4.69) is 12.2 Å². The van der Waals surface area contributed by atoms with Crippen LogP contribution in [0, 0.1) is 5.92 Å². The van der Waals surface area contributed by atoms with E-state index in [1.807, 2.05) is 35.2 Å². The van der Waals surface area contributed by atoms with Crippen molar-refractivity contribution in [1.29, 1.82) is 0 Å². The van der Waals surface area contributed by atoms with E-state index in [0.717, 1.165) is 25.2 Å².